The maximum atomic E-state index is 4.64. The van der Waals surface area contributed by atoms with Crippen LogP contribution < -0.4 is 0 Å². The molecule has 3 heterocycles. The fraction of sp³-hybridized carbons (Fsp3) is 0.562. The van der Waals surface area contributed by atoms with Crippen molar-refractivity contribution in [2.45, 2.75) is 45.6 Å². The van der Waals surface area contributed by atoms with Gasteiger partial charge in [-0.3, -0.25) is 15.1 Å². The van der Waals surface area contributed by atoms with Gasteiger partial charge in [-0.05, 0) is 46.2 Å². The molecule has 1 aliphatic heterocycles. The van der Waals surface area contributed by atoms with Crippen LogP contribution in [0.2, 0.25) is 0 Å². The van der Waals surface area contributed by atoms with Crippen LogP contribution in [0.15, 0.2) is 18.5 Å². The molecule has 5 heteroatoms. The van der Waals surface area contributed by atoms with E-state index in [2.05, 4.69) is 38.9 Å². The van der Waals surface area contributed by atoms with E-state index in [1.54, 1.807) is 12.4 Å². The molecule has 2 aromatic heterocycles. The molecule has 1 saturated heterocycles. The lowest BCUT2D eigenvalue weighted by Gasteiger charge is -2.35. The van der Waals surface area contributed by atoms with E-state index in [-0.39, 0.29) is 0 Å². The molecule has 0 aromatic carbocycles. The third-order valence-electron chi connectivity index (χ3n) is 4.24. The van der Waals surface area contributed by atoms with Crippen LogP contribution in [0.4, 0.5) is 0 Å². The van der Waals surface area contributed by atoms with Gasteiger partial charge in [0.15, 0.2) is 0 Å². The molecule has 1 atom stereocenters. The number of rotatable bonds is 3. The first kappa shape index (κ1) is 14.2. The Hall–Kier alpha value is -1.75. The lowest BCUT2D eigenvalue weighted by molar-refractivity contribution is 0.166. The van der Waals surface area contributed by atoms with Gasteiger partial charge in [0.05, 0.1) is 5.69 Å². The number of aromatic nitrogens is 4. The van der Waals surface area contributed by atoms with Crippen molar-refractivity contribution in [2.75, 3.05) is 13.1 Å². The van der Waals surface area contributed by atoms with Crippen LogP contribution in [0, 0.1) is 6.92 Å². The Kier molecular flexibility index (Phi) is 4.01. The highest BCUT2D eigenvalue weighted by atomic mass is 15.2. The fourth-order valence-electron chi connectivity index (χ4n) is 3.08. The maximum absolute atomic E-state index is 4.64. The number of nitrogens with zero attached hydrogens (tertiary/aromatic N) is 4. The molecule has 3 rings (SSSR count). The Balaban J connectivity index is 1.92. The van der Waals surface area contributed by atoms with Gasteiger partial charge in [-0.1, -0.05) is 0 Å². The van der Waals surface area contributed by atoms with Gasteiger partial charge in [0, 0.05) is 36.6 Å². The van der Waals surface area contributed by atoms with E-state index in [0.717, 1.165) is 29.3 Å². The number of nitrogens with one attached hydrogen (secondary N) is 1. The Bertz CT molecular complexity index is 604. The largest absolute Gasteiger partial charge is 0.300 e. The Labute approximate surface area is 125 Å². The molecule has 1 fully saturated rings. The van der Waals surface area contributed by atoms with Gasteiger partial charge in [0.1, 0.15) is 11.4 Å². The summed E-state index contributed by atoms with van der Waals surface area (Å²) >= 11 is 0. The van der Waals surface area contributed by atoms with E-state index in [1.807, 2.05) is 13.0 Å². The van der Waals surface area contributed by atoms with Gasteiger partial charge in [0.25, 0.3) is 0 Å². The van der Waals surface area contributed by atoms with Gasteiger partial charge in [-0.2, -0.15) is 5.10 Å². The second-order valence-corrected chi connectivity index (χ2v) is 6.15. The summed E-state index contributed by atoms with van der Waals surface area (Å²) in [6, 6.07) is 2.62. The monoisotopic (exact) mass is 285 g/mol. The molecule has 0 bridgehead atoms. The topological polar surface area (TPSA) is 57.7 Å². The van der Waals surface area contributed by atoms with Crippen LogP contribution in [-0.2, 0) is 0 Å². The van der Waals surface area contributed by atoms with E-state index in [1.165, 1.54) is 19.4 Å². The normalized spacial score (nSPS) is 20.1. The number of H-pyrrole nitrogens is 1. The highest BCUT2D eigenvalue weighted by molar-refractivity contribution is 5.57. The minimum absolute atomic E-state index is 0.446. The summed E-state index contributed by atoms with van der Waals surface area (Å²) in [5.41, 5.74) is 3.97. The molecule has 0 saturated carbocycles. The smallest absolute Gasteiger partial charge is 0.113 e. The second-order valence-electron chi connectivity index (χ2n) is 6.15. The molecular formula is C16H23N5. The lowest BCUT2D eigenvalue weighted by Crippen LogP contribution is -2.39. The maximum Gasteiger partial charge on any atom is 0.113 e. The summed E-state index contributed by atoms with van der Waals surface area (Å²) in [7, 11) is 0. The molecule has 1 N–H and O–H groups in total. The standard InChI is InChI=1S/C16H23N5/c1-11(2)21-8-4-5-13(10-21)15-16(18-7-6-17-15)14-9-12(3)19-20-14/h6-7,9,11,13H,4-5,8,10H2,1-3H3,(H,19,20)/t13-/m0/s1. The van der Waals surface area contributed by atoms with Crippen molar-refractivity contribution in [1.29, 1.82) is 0 Å². The number of piperidine rings is 1. The summed E-state index contributed by atoms with van der Waals surface area (Å²) in [6.07, 6.45) is 5.95. The van der Waals surface area contributed by atoms with Crippen molar-refractivity contribution >= 4 is 0 Å². The third kappa shape index (κ3) is 2.97. The Morgan fingerprint density at radius 2 is 2.10 bits per heavy atom. The van der Waals surface area contributed by atoms with Gasteiger partial charge in [-0.25, -0.2) is 0 Å². The van der Waals surface area contributed by atoms with Crippen LogP contribution in [0.5, 0.6) is 0 Å². The summed E-state index contributed by atoms with van der Waals surface area (Å²) in [6.45, 7) is 8.78. The molecule has 1 aliphatic rings. The minimum Gasteiger partial charge on any atom is -0.300 e. The number of hydrogen-bond acceptors (Lipinski definition) is 4. The van der Waals surface area contributed by atoms with Crippen molar-refractivity contribution in [3.8, 4) is 11.4 Å². The second kappa shape index (κ2) is 5.93. The molecule has 0 amide bonds. The summed E-state index contributed by atoms with van der Waals surface area (Å²) in [4.78, 5) is 11.7. The number of aromatic amines is 1. The molecule has 0 aliphatic carbocycles. The molecule has 0 spiro atoms. The molecule has 5 nitrogen and oxygen atoms in total. The van der Waals surface area contributed by atoms with E-state index < -0.39 is 0 Å². The van der Waals surface area contributed by atoms with Crippen molar-refractivity contribution in [3.05, 3.63) is 29.8 Å². The fourth-order valence-corrected chi connectivity index (χ4v) is 3.08. The van der Waals surface area contributed by atoms with Crippen LogP contribution in [0.1, 0.15) is 44.0 Å². The van der Waals surface area contributed by atoms with Crippen molar-refractivity contribution in [3.63, 3.8) is 0 Å². The quantitative estimate of drug-likeness (QED) is 0.942. The zero-order valence-corrected chi connectivity index (χ0v) is 13.0. The van der Waals surface area contributed by atoms with Gasteiger partial charge < -0.3 is 4.90 Å². The van der Waals surface area contributed by atoms with Crippen LogP contribution in [-0.4, -0.2) is 44.2 Å². The first-order valence-corrected chi connectivity index (χ1v) is 7.72. The molecular weight excluding hydrogens is 262 g/mol. The Morgan fingerprint density at radius 3 is 2.81 bits per heavy atom. The average Bonchev–Trinajstić information content (AvgIpc) is 2.94. The van der Waals surface area contributed by atoms with Crippen molar-refractivity contribution in [2.24, 2.45) is 0 Å². The van der Waals surface area contributed by atoms with Gasteiger partial charge >= 0.3 is 0 Å². The zero-order valence-electron chi connectivity index (χ0n) is 13.0. The van der Waals surface area contributed by atoms with Crippen LogP contribution in [0.25, 0.3) is 11.4 Å². The molecule has 2 aromatic rings. The highest BCUT2D eigenvalue weighted by Gasteiger charge is 2.27. The van der Waals surface area contributed by atoms with Crippen molar-refractivity contribution < 1.29 is 0 Å². The summed E-state index contributed by atoms with van der Waals surface area (Å²) < 4.78 is 0. The van der Waals surface area contributed by atoms with E-state index >= 15 is 0 Å². The predicted molar refractivity (Wildman–Crippen MR) is 83.0 cm³/mol. The van der Waals surface area contributed by atoms with E-state index in [0.29, 0.717) is 12.0 Å². The third-order valence-corrected chi connectivity index (χ3v) is 4.24. The van der Waals surface area contributed by atoms with Gasteiger partial charge in [0.2, 0.25) is 0 Å². The average molecular weight is 285 g/mol. The minimum atomic E-state index is 0.446. The summed E-state index contributed by atoms with van der Waals surface area (Å²) in [5, 5.41) is 7.35. The molecule has 21 heavy (non-hydrogen) atoms. The summed E-state index contributed by atoms with van der Waals surface area (Å²) in [5.74, 6) is 0.446. The van der Waals surface area contributed by atoms with Crippen molar-refractivity contribution in [1.82, 2.24) is 25.1 Å². The van der Waals surface area contributed by atoms with Crippen LogP contribution >= 0.6 is 0 Å². The van der Waals surface area contributed by atoms with E-state index in [9.17, 15) is 0 Å². The lowest BCUT2D eigenvalue weighted by atomic mass is 9.92. The highest BCUT2D eigenvalue weighted by Crippen LogP contribution is 2.31. The first-order valence-electron chi connectivity index (χ1n) is 7.72. The van der Waals surface area contributed by atoms with Crippen LogP contribution in [0.3, 0.4) is 0 Å². The Morgan fingerprint density at radius 1 is 1.29 bits per heavy atom. The number of likely N-dealkylation sites (tertiary alicyclic amines) is 1. The zero-order chi connectivity index (χ0) is 14.8. The number of aryl methyl sites for hydroxylation is 1. The first-order chi connectivity index (χ1) is 10.1. The predicted octanol–water partition coefficient (Wildman–Crippen LogP) is 2.76. The molecule has 0 unspecified atom stereocenters. The molecule has 0 radical (unpaired) electrons. The number of hydrogen-bond donors (Lipinski definition) is 1. The van der Waals surface area contributed by atoms with E-state index in [4.69, 9.17) is 0 Å². The SMILES string of the molecule is Cc1cc(-c2nccnc2[C@H]2CCCN(C(C)C)C2)n[nH]1. The molecule has 112 valence electrons. The van der Waals surface area contributed by atoms with Gasteiger partial charge in [-0.15, -0.1) is 0 Å².